The molecule has 5 nitrogen and oxygen atoms in total. The van der Waals surface area contributed by atoms with E-state index in [0.29, 0.717) is 25.3 Å². The van der Waals surface area contributed by atoms with Crippen molar-refractivity contribution in [1.82, 2.24) is 9.88 Å². The van der Waals surface area contributed by atoms with Crippen molar-refractivity contribution in [1.29, 1.82) is 0 Å². The maximum absolute atomic E-state index is 12.9. The van der Waals surface area contributed by atoms with Crippen molar-refractivity contribution in [3.05, 3.63) is 42.1 Å². The molecule has 0 aliphatic carbocycles. The number of carbonyl (C=O) groups excluding carboxylic acids is 1. The molecule has 0 bridgehead atoms. The van der Waals surface area contributed by atoms with Crippen molar-refractivity contribution in [2.24, 2.45) is 0 Å². The topological polar surface area (TPSA) is 51.7 Å². The molecule has 0 spiro atoms. The molecule has 0 radical (unpaired) electrons. The number of nitrogens with zero attached hydrogens (tertiary/aromatic N) is 2. The predicted octanol–water partition coefficient (Wildman–Crippen LogP) is 2.50. The Kier molecular flexibility index (Phi) is 4.33. The Hall–Kier alpha value is -1.98. The molecule has 2 heterocycles. The molecule has 5 heteroatoms. The molecule has 0 saturated carbocycles. The highest BCUT2D eigenvalue weighted by atomic mass is 16.5. The molecular weight excluding hydrogens is 292 g/mol. The minimum absolute atomic E-state index is 0.0215. The molecule has 1 fully saturated rings. The average molecular weight is 314 g/mol. The Morgan fingerprint density at radius 3 is 3.04 bits per heavy atom. The van der Waals surface area contributed by atoms with E-state index >= 15 is 0 Å². The van der Waals surface area contributed by atoms with E-state index in [4.69, 9.17) is 9.47 Å². The molecule has 1 saturated heterocycles. The van der Waals surface area contributed by atoms with Crippen LogP contribution in [-0.2, 0) is 9.47 Å². The van der Waals surface area contributed by atoms with E-state index in [2.05, 4.69) is 4.98 Å². The van der Waals surface area contributed by atoms with Crippen LogP contribution >= 0.6 is 0 Å². The molecular formula is C18H22N2O3. The first-order valence-corrected chi connectivity index (χ1v) is 7.79. The summed E-state index contributed by atoms with van der Waals surface area (Å²) in [6, 6.07) is 9.48. The SMILES string of the molecule is COCC1CN(C(=O)c2ccc3ncccc3c2)CC(C)(C)O1. The lowest BCUT2D eigenvalue weighted by Crippen LogP contribution is -2.55. The number of aromatic nitrogens is 1. The summed E-state index contributed by atoms with van der Waals surface area (Å²) in [7, 11) is 1.65. The van der Waals surface area contributed by atoms with Gasteiger partial charge in [0.15, 0.2) is 0 Å². The number of benzene rings is 1. The number of fused-ring (bicyclic) bond motifs is 1. The number of morpholine rings is 1. The fourth-order valence-electron chi connectivity index (χ4n) is 3.11. The van der Waals surface area contributed by atoms with Gasteiger partial charge in [0.25, 0.3) is 5.91 Å². The van der Waals surface area contributed by atoms with Gasteiger partial charge in [0.05, 0.1) is 23.8 Å². The third kappa shape index (κ3) is 3.51. The summed E-state index contributed by atoms with van der Waals surface area (Å²) in [5.41, 5.74) is 1.19. The van der Waals surface area contributed by atoms with Crippen LogP contribution in [0.1, 0.15) is 24.2 Å². The highest BCUT2D eigenvalue weighted by Gasteiger charge is 2.35. The fraction of sp³-hybridized carbons (Fsp3) is 0.444. The summed E-state index contributed by atoms with van der Waals surface area (Å²) in [4.78, 5) is 19.0. The van der Waals surface area contributed by atoms with Crippen LogP contribution in [0, 0.1) is 0 Å². The Labute approximate surface area is 136 Å². The molecule has 23 heavy (non-hydrogen) atoms. The van der Waals surface area contributed by atoms with E-state index in [9.17, 15) is 4.79 Å². The Morgan fingerprint density at radius 1 is 1.43 bits per heavy atom. The van der Waals surface area contributed by atoms with Crippen LogP contribution < -0.4 is 0 Å². The van der Waals surface area contributed by atoms with E-state index in [1.54, 1.807) is 13.3 Å². The van der Waals surface area contributed by atoms with Crippen LogP contribution in [0.3, 0.4) is 0 Å². The molecule has 1 atom stereocenters. The molecule has 122 valence electrons. The summed E-state index contributed by atoms with van der Waals surface area (Å²) in [5.74, 6) is 0.0215. The first-order chi connectivity index (χ1) is 11.0. The first kappa shape index (κ1) is 15.9. The number of rotatable bonds is 3. The summed E-state index contributed by atoms with van der Waals surface area (Å²) in [5, 5.41) is 0.972. The minimum Gasteiger partial charge on any atom is -0.382 e. The minimum atomic E-state index is -0.379. The average Bonchev–Trinajstić information content (AvgIpc) is 2.52. The fourth-order valence-corrected chi connectivity index (χ4v) is 3.11. The Balaban J connectivity index is 1.85. The van der Waals surface area contributed by atoms with Crippen molar-refractivity contribution < 1.29 is 14.3 Å². The van der Waals surface area contributed by atoms with Crippen molar-refractivity contribution in [3.8, 4) is 0 Å². The summed E-state index contributed by atoms with van der Waals surface area (Å²) in [6.07, 6.45) is 1.65. The van der Waals surface area contributed by atoms with Crippen LogP contribution in [0.25, 0.3) is 10.9 Å². The zero-order valence-corrected chi connectivity index (χ0v) is 13.8. The normalized spacial score (nSPS) is 20.7. The predicted molar refractivity (Wildman–Crippen MR) is 88.5 cm³/mol. The molecule has 2 aromatic rings. The highest BCUT2D eigenvalue weighted by molar-refractivity contribution is 5.98. The van der Waals surface area contributed by atoms with Crippen LogP contribution in [0.4, 0.5) is 0 Å². The van der Waals surface area contributed by atoms with Gasteiger partial charge in [-0.15, -0.1) is 0 Å². The number of pyridine rings is 1. The smallest absolute Gasteiger partial charge is 0.254 e. The van der Waals surface area contributed by atoms with Gasteiger partial charge in [0, 0.05) is 37.3 Å². The second-order valence-electron chi connectivity index (χ2n) is 6.55. The lowest BCUT2D eigenvalue weighted by atomic mass is 10.0. The number of hydrogen-bond acceptors (Lipinski definition) is 4. The molecule has 1 aliphatic rings. The second kappa shape index (κ2) is 6.26. The van der Waals surface area contributed by atoms with E-state index in [0.717, 1.165) is 10.9 Å². The summed E-state index contributed by atoms with van der Waals surface area (Å²) < 4.78 is 11.2. The molecule has 1 aromatic carbocycles. The third-order valence-electron chi connectivity index (χ3n) is 3.97. The van der Waals surface area contributed by atoms with Gasteiger partial charge in [-0.2, -0.15) is 0 Å². The van der Waals surface area contributed by atoms with Gasteiger partial charge in [-0.3, -0.25) is 9.78 Å². The second-order valence-corrected chi connectivity index (χ2v) is 6.55. The third-order valence-corrected chi connectivity index (χ3v) is 3.97. The van der Waals surface area contributed by atoms with Crippen molar-refractivity contribution in [3.63, 3.8) is 0 Å². The van der Waals surface area contributed by atoms with Crippen LogP contribution in [0.2, 0.25) is 0 Å². The maximum Gasteiger partial charge on any atom is 0.254 e. The van der Waals surface area contributed by atoms with Crippen molar-refractivity contribution in [2.75, 3.05) is 26.8 Å². The van der Waals surface area contributed by atoms with Crippen molar-refractivity contribution >= 4 is 16.8 Å². The summed E-state index contributed by atoms with van der Waals surface area (Å²) in [6.45, 7) is 5.59. The summed E-state index contributed by atoms with van der Waals surface area (Å²) >= 11 is 0. The standard InChI is InChI=1S/C18H22N2O3/c1-18(2)12-20(10-15(23-18)11-22-3)17(21)14-6-7-16-13(9-14)5-4-8-19-16/h4-9,15H,10-12H2,1-3H3. The van der Waals surface area contributed by atoms with Crippen LogP contribution in [-0.4, -0.2) is 54.3 Å². The maximum atomic E-state index is 12.9. The highest BCUT2D eigenvalue weighted by Crippen LogP contribution is 2.23. The molecule has 1 unspecified atom stereocenters. The number of hydrogen-bond donors (Lipinski definition) is 0. The lowest BCUT2D eigenvalue weighted by Gasteiger charge is -2.42. The zero-order valence-electron chi connectivity index (χ0n) is 13.8. The van der Waals surface area contributed by atoms with Gasteiger partial charge in [-0.1, -0.05) is 6.07 Å². The van der Waals surface area contributed by atoms with Gasteiger partial charge in [0.1, 0.15) is 0 Å². The van der Waals surface area contributed by atoms with Gasteiger partial charge in [-0.05, 0) is 38.1 Å². The molecule has 1 amide bonds. The van der Waals surface area contributed by atoms with Gasteiger partial charge in [-0.25, -0.2) is 0 Å². The quantitative estimate of drug-likeness (QED) is 0.873. The van der Waals surface area contributed by atoms with Crippen LogP contribution in [0.15, 0.2) is 36.5 Å². The number of carbonyl (C=O) groups is 1. The monoisotopic (exact) mass is 314 g/mol. The van der Waals surface area contributed by atoms with Gasteiger partial charge < -0.3 is 14.4 Å². The van der Waals surface area contributed by atoms with Crippen molar-refractivity contribution in [2.45, 2.75) is 25.6 Å². The molecule has 1 aliphatic heterocycles. The van der Waals surface area contributed by atoms with Gasteiger partial charge in [0.2, 0.25) is 0 Å². The molecule has 1 aromatic heterocycles. The largest absolute Gasteiger partial charge is 0.382 e. The first-order valence-electron chi connectivity index (χ1n) is 7.79. The van der Waals surface area contributed by atoms with E-state index in [1.807, 2.05) is 49.1 Å². The van der Waals surface area contributed by atoms with E-state index in [1.165, 1.54) is 0 Å². The zero-order chi connectivity index (χ0) is 16.4. The molecule has 0 N–H and O–H groups in total. The number of ether oxygens (including phenoxy) is 2. The van der Waals surface area contributed by atoms with Crippen LogP contribution in [0.5, 0.6) is 0 Å². The molecule has 3 rings (SSSR count). The Morgan fingerprint density at radius 2 is 2.26 bits per heavy atom. The number of amides is 1. The van der Waals surface area contributed by atoms with E-state index < -0.39 is 0 Å². The lowest BCUT2D eigenvalue weighted by molar-refractivity contribution is -0.143. The Bertz CT molecular complexity index is 714. The van der Waals surface area contributed by atoms with Gasteiger partial charge >= 0.3 is 0 Å². The number of methoxy groups -OCH3 is 1. The van der Waals surface area contributed by atoms with E-state index in [-0.39, 0.29) is 17.6 Å².